The first kappa shape index (κ1) is 14.7. The molecule has 0 aromatic heterocycles. The van der Waals surface area contributed by atoms with Crippen molar-refractivity contribution in [2.45, 2.75) is 0 Å². The molecule has 0 aliphatic heterocycles. The van der Waals surface area contributed by atoms with Gasteiger partial charge in [-0.15, -0.1) is 0 Å². The van der Waals surface area contributed by atoms with Crippen molar-refractivity contribution in [2.75, 3.05) is 20.0 Å². The lowest BCUT2D eigenvalue weighted by molar-refractivity contribution is 0.355. The second kappa shape index (κ2) is 6.13. The first-order valence-electron chi connectivity index (χ1n) is 6.43. The van der Waals surface area contributed by atoms with E-state index in [1.807, 2.05) is 24.3 Å². The van der Waals surface area contributed by atoms with E-state index in [1.54, 1.807) is 32.4 Å². The van der Waals surface area contributed by atoms with E-state index in [0.29, 0.717) is 34.0 Å². The van der Waals surface area contributed by atoms with Crippen molar-refractivity contribution in [3.63, 3.8) is 0 Å². The molecule has 3 N–H and O–H groups in total. The number of rotatable bonds is 5. The molecule has 108 valence electrons. The molecule has 0 atom stereocenters. The molecule has 0 spiro atoms. The van der Waals surface area contributed by atoms with Crippen molar-refractivity contribution in [1.29, 1.82) is 5.41 Å². The van der Waals surface area contributed by atoms with Crippen LogP contribution in [0.5, 0.6) is 11.5 Å². The molecule has 0 aliphatic rings. The Balaban J connectivity index is 2.36. The number of nitrogens with two attached hydrogens (primary N) is 1. The van der Waals surface area contributed by atoms with E-state index in [2.05, 4.69) is 6.58 Å². The average Bonchev–Trinajstić information content (AvgIpc) is 2.53. The zero-order chi connectivity index (χ0) is 15.4. The van der Waals surface area contributed by atoms with Gasteiger partial charge in [-0.25, -0.2) is 0 Å². The van der Waals surface area contributed by atoms with Crippen molar-refractivity contribution >= 4 is 17.0 Å². The highest BCUT2D eigenvalue weighted by atomic mass is 16.5. The number of hydrogen-bond donors (Lipinski definition) is 2. The molecular weight excluding hydrogens is 264 g/mol. The van der Waals surface area contributed by atoms with Crippen LogP contribution in [0.15, 0.2) is 49.0 Å². The lowest BCUT2D eigenvalue weighted by atomic mass is 9.96. The van der Waals surface area contributed by atoms with Crippen molar-refractivity contribution < 1.29 is 9.47 Å². The second-order valence-corrected chi connectivity index (χ2v) is 4.51. The number of allylic oxidation sites excluding steroid dienone is 1. The molecule has 0 amide bonds. The summed E-state index contributed by atoms with van der Waals surface area (Å²) >= 11 is 0. The van der Waals surface area contributed by atoms with Gasteiger partial charge < -0.3 is 15.2 Å². The fraction of sp³-hybridized carbons (Fsp3) is 0.118. The van der Waals surface area contributed by atoms with Crippen molar-refractivity contribution in [2.24, 2.45) is 0 Å². The van der Waals surface area contributed by atoms with Gasteiger partial charge in [0.25, 0.3) is 0 Å². The zero-order valence-corrected chi connectivity index (χ0v) is 12.1. The lowest BCUT2D eigenvalue weighted by Gasteiger charge is -2.13. The minimum absolute atomic E-state index is 0.292. The third-order valence-corrected chi connectivity index (χ3v) is 3.26. The number of anilines is 1. The summed E-state index contributed by atoms with van der Waals surface area (Å²) in [6.07, 6.45) is 0. The number of nitrogens with one attached hydrogen (secondary N) is 1. The van der Waals surface area contributed by atoms with Crippen LogP contribution < -0.4 is 15.2 Å². The van der Waals surface area contributed by atoms with E-state index in [1.165, 1.54) is 0 Å². The molecule has 0 aliphatic carbocycles. The fourth-order valence-electron chi connectivity index (χ4n) is 2.06. The van der Waals surface area contributed by atoms with Gasteiger partial charge in [-0.05, 0) is 23.8 Å². The zero-order valence-electron chi connectivity index (χ0n) is 12.1. The second-order valence-electron chi connectivity index (χ2n) is 4.51. The molecule has 21 heavy (non-hydrogen) atoms. The topological polar surface area (TPSA) is 68.3 Å². The van der Waals surface area contributed by atoms with Crippen LogP contribution in [0.25, 0.3) is 5.57 Å². The van der Waals surface area contributed by atoms with Crippen molar-refractivity contribution in [3.8, 4) is 11.5 Å². The Morgan fingerprint density at radius 2 is 1.71 bits per heavy atom. The standard InChI is InChI=1S/C17H18N2O2/c1-11(17(19)13-6-4-5-7-14(13)18)12-8-9-15(20-2)16(10-12)21-3/h4-10,19H,1,18H2,2-3H3. The van der Waals surface area contributed by atoms with Crippen LogP contribution in [0.1, 0.15) is 11.1 Å². The minimum Gasteiger partial charge on any atom is -0.493 e. The summed E-state index contributed by atoms with van der Waals surface area (Å²) in [4.78, 5) is 0. The van der Waals surface area contributed by atoms with Crippen LogP contribution in [-0.4, -0.2) is 19.9 Å². The first-order valence-corrected chi connectivity index (χ1v) is 6.43. The number of para-hydroxylation sites is 1. The molecule has 0 saturated heterocycles. The fourth-order valence-corrected chi connectivity index (χ4v) is 2.06. The molecule has 2 rings (SSSR count). The maximum atomic E-state index is 8.29. The van der Waals surface area contributed by atoms with Crippen LogP contribution in [0, 0.1) is 5.41 Å². The molecule has 0 bridgehead atoms. The normalized spacial score (nSPS) is 10.0. The van der Waals surface area contributed by atoms with Gasteiger partial charge in [0, 0.05) is 16.8 Å². The Labute approximate surface area is 124 Å². The minimum atomic E-state index is 0.292. The third-order valence-electron chi connectivity index (χ3n) is 3.26. The summed E-state index contributed by atoms with van der Waals surface area (Å²) in [6.45, 7) is 4.00. The Morgan fingerprint density at radius 3 is 2.33 bits per heavy atom. The molecule has 0 saturated carbocycles. The molecule has 2 aromatic carbocycles. The average molecular weight is 282 g/mol. The molecule has 4 nitrogen and oxygen atoms in total. The number of benzene rings is 2. The summed E-state index contributed by atoms with van der Waals surface area (Å²) < 4.78 is 10.5. The smallest absolute Gasteiger partial charge is 0.161 e. The predicted molar refractivity (Wildman–Crippen MR) is 86.3 cm³/mol. The highest BCUT2D eigenvalue weighted by Crippen LogP contribution is 2.31. The summed E-state index contributed by atoms with van der Waals surface area (Å²) in [6, 6.07) is 12.7. The number of methoxy groups -OCH3 is 2. The highest BCUT2D eigenvalue weighted by Gasteiger charge is 2.13. The highest BCUT2D eigenvalue weighted by molar-refractivity contribution is 6.31. The molecule has 0 radical (unpaired) electrons. The number of nitrogen functional groups attached to an aromatic ring is 1. The van der Waals surface area contributed by atoms with Crippen LogP contribution in [0.3, 0.4) is 0 Å². The van der Waals surface area contributed by atoms with Crippen LogP contribution in [0.4, 0.5) is 5.69 Å². The van der Waals surface area contributed by atoms with E-state index in [-0.39, 0.29) is 0 Å². The molecule has 2 aromatic rings. The summed E-state index contributed by atoms with van der Waals surface area (Å²) in [5.74, 6) is 1.24. The van der Waals surface area contributed by atoms with Gasteiger partial charge >= 0.3 is 0 Å². The Morgan fingerprint density at radius 1 is 1.05 bits per heavy atom. The van der Waals surface area contributed by atoms with E-state index < -0.39 is 0 Å². The largest absolute Gasteiger partial charge is 0.493 e. The Kier molecular flexibility index (Phi) is 4.28. The predicted octanol–water partition coefficient (Wildman–Crippen LogP) is 3.37. The molecular formula is C17H18N2O2. The quantitative estimate of drug-likeness (QED) is 0.652. The van der Waals surface area contributed by atoms with Crippen molar-refractivity contribution in [3.05, 3.63) is 60.2 Å². The van der Waals surface area contributed by atoms with E-state index in [4.69, 9.17) is 20.6 Å². The summed E-state index contributed by atoms with van der Waals surface area (Å²) in [7, 11) is 3.16. The van der Waals surface area contributed by atoms with Gasteiger partial charge in [0.2, 0.25) is 0 Å². The van der Waals surface area contributed by atoms with E-state index in [9.17, 15) is 0 Å². The number of hydrogen-bond acceptors (Lipinski definition) is 4. The van der Waals surface area contributed by atoms with E-state index >= 15 is 0 Å². The molecule has 0 fully saturated rings. The van der Waals surface area contributed by atoms with Crippen molar-refractivity contribution in [1.82, 2.24) is 0 Å². The van der Waals surface area contributed by atoms with E-state index in [0.717, 1.165) is 5.56 Å². The SMILES string of the molecule is C=C(C(=N)c1ccccc1N)c1ccc(OC)c(OC)c1. The monoisotopic (exact) mass is 282 g/mol. The maximum absolute atomic E-state index is 8.29. The summed E-state index contributed by atoms with van der Waals surface area (Å²) in [5, 5.41) is 8.29. The lowest BCUT2D eigenvalue weighted by Crippen LogP contribution is -2.05. The third kappa shape index (κ3) is 2.89. The summed E-state index contributed by atoms with van der Waals surface area (Å²) in [5.41, 5.74) is 8.80. The van der Waals surface area contributed by atoms with Gasteiger partial charge in [0.1, 0.15) is 0 Å². The maximum Gasteiger partial charge on any atom is 0.161 e. The van der Waals surface area contributed by atoms with Gasteiger partial charge in [0.05, 0.1) is 19.9 Å². The van der Waals surface area contributed by atoms with Gasteiger partial charge in [-0.2, -0.15) is 0 Å². The number of ether oxygens (including phenoxy) is 2. The van der Waals surface area contributed by atoms with Gasteiger partial charge in [0.15, 0.2) is 11.5 Å². The van der Waals surface area contributed by atoms with Gasteiger partial charge in [-0.1, -0.05) is 30.8 Å². The van der Waals surface area contributed by atoms with Crippen LogP contribution in [-0.2, 0) is 0 Å². The van der Waals surface area contributed by atoms with Gasteiger partial charge in [-0.3, -0.25) is 5.41 Å². The Hall–Kier alpha value is -2.75. The van der Waals surface area contributed by atoms with Crippen LogP contribution >= 0.6 is 0 Å². The Bertz CT molecular complexity index is 693. The molecule has 4 heteroatoms. The first-order chi connectivity index (χ1) is 10.1. The molecule has 0 unspecified atom stereocenters. The van der Waals surface area contributed by atoms with Crippen LogP contribution in [0.2, 0.25) is 0 Å². The molecule has 0 heterocycles.